The molecule has 2 amide bonds. The summed E-state index contributed by atoms with van der Waals surface area (Å²) in [6.07, 6.45) is 1.62. The Morgan fingerprint density at radius 2 is 1.85 bits per heavy atom. The molecular formula is C13H13N3O3S. The number of H-pyrrole nitrogens is 1. The zero-order valence-electron chi connectivity index (χ0n) is 10.9. The van der Waals surface area contributed by atoms with Crippen molar-refractivity contribution in [2.75, 3.05) is 0 Å². The Hall–Kier alpha value is -2.41. The standard InChI is InChI=1S/C13H13N3O3S/c1-7-6-10(8(2)19-7)12(18)16-15-11(17)9-4-3-5-14-13(9)20/h3-6H,1-2H3,(H,14,20)(H,15,17)(H,16,18). The van der Waals surface area contributed by atoms with E-state index in [0.717, 1.165) is 0 Å². The zero-order valence-corrected chi connectivity index (χ0v) is 11.8. The first-order valence-electron chi connectivity index (χ1n) is 5.84. The van der Waals surface area contributed by atoms with Crippen molar-refractivity contribution in [3.05, 3.63) is 51.7 Å². The van der Waals surface area contributed by atoms with E-state index in [-0.39, 0.29) is 5.56 Å². The lowest BCUT2D eigenvalue weighted by molar-refractivity contribution is 0.0845. The van der Waals surface area contributed by atoms with Gasteiger partial charge in [0.25, 0.3) is 11.8 Å². The predicted molar refractivity (Wildman–Crippen MR) is 74.7 cm³/mol. The smallest absolute Gasteiger partial charge is 0.273 e. The lowest BCUT2D eigenvalue weighted by Gasteiger charge is -2.06. The normalized spacial score (nSPS) is 10.1. The summed E-state index contributed by atoms with van der Waals surface area (Å²) in [6, 6.07) is 4.81. The third-order valence-corrected chi connectivity index (χ3v) is 2.98. The third-order valence-electron chi connectivity index (χ3n) is 2.64. The van der Waals surface area contributed by atoms with E-state index in [0.29, 0.717) is 21.7 Å². The number of furan rings is 1. The molecule has 104 valence electrons. The molecule has 20 heavy (non-hydrogen) atoms. The third kappa shape index (κ3) is 2.94. The van der Waals surface area contributed by atoms with Gasteiger partial charge in [0.1, 0.15) is 16.2 Å². The van der Waals surface area contributed by atoms with Crippen molar-refractivity contribution >= 4 is 24.0 Å². The Morgan fingerprint density at radius 1 is 1.20 bits per heavy atom. The maximum absolute atomic E-state index is 11.9. The Labute approximate surface area is 120 Å². The van der Waals surface area contributed by atoms with Gasteiger partial charge in [-0.1, -0.05) is 12.2 Å². The van der Waals surface area contributed by atoms with Crippen LogP contribution in [0.4, 0.5) is 0 Å². The van der Waals surface area contributed by atoms with Crippen LogP contribution in [0.1, 0.15) is 32.2 Å². The molecule has 0 radical (unpaired) electrons. The van der Waals surface area contributed by atoms with Gasteiger partial charge in [0.05, 0.1) is 11.1 Å². The number of hydrogen-bond donors (Lipinski definition) is 3. The van der Waals surface area contributed by atoms with Gasteiger partial charge in [0.2, 0.25) is 0 Å². The molecule has 0 fully saturated rings. The summed E-state index contributed by atoms with van der Waals surface area (Å²) in [5.41, 5.74) is 5.28. The fraction of sp³-hybridized carbons (Fsp3) is 0.154. The molecule has 0 unspecified atom stereocenters. The van der Waals surface area contributed by atoms with E-state index in [1.165, 1.54) is 0 Å². The number of rotatable bonds is 2. The first kappa shape index (κ1) is 14.0. The number of amides is 2. The molecule has 3 N–H and O–H groups in total. The van der Waals surface area contributed by atoms with Gasteiger partial charge in [-0.3, -0.25) is 20.4 Å². The molecule has 0 aliphatic rings. The summed E-state index contributed by atoms with van der Waals surface area (Å²) in [7, 11) is 0. The van der Waals surface area contributed by atoms with E-state index in [1.807, 2.05) is 0 Å². The molecule has 0 aliphatic carbocycles. The van der Waals surface area contributed by atoms with Crippen molar-refractivity contribution in [1.82, 2.24) is 15.8 Å². The molecule has 0 atom stereocenters. The fourth-order valence-corrected chi connectivity index (χ4v) is 1.93. The average Bonchev–Trinajstić information content (AvgIpc) is 2.75. The molecule has 0 spiro atoms. The van der Waals surface area contributed by atoms with Gasteiger partial charge in [-0.15, -0.1) is 0 Å². The number of hydrogen-bond acceptors (Lipinski definition) is 4. The van der Waals surface area contributed by atoms with Gasteiger partial charge in [0.15, 0.2) is 0 Å². The second kappa shape index (κ2) is 5.70. The van der Waals surface area contributed by atoms with E-state index in [2.05, 4.69) is 15.8 Å². The van der Waals surface area contributed by atoms with Crippen LogP contribution in [0.3, 0.4) is 0 Å². The minimum Gasteiger partial charge on any atom is -0.466 e. The molecular weight excluding hydrogens is 278 g/mol. The van der Waals surface area contributed by atoms with Gasteiger partial charge in [-0.05, 0) is 32.0 Å². The molecule has 2 rings (SSSR count). The summed E-state index contributed by atoms with van der Waals surface area (Å²) >= 11 is 4.98. The maximum atomic E-state index is 11.9. The van der Waals surface area contributed by atoms with E-state index in [1.54, 1.807) is 38.2 Å². The SMILES string of the molecule is Cc1cc(C(=O)NNC(=O)c2ccc[nH]c2=S)c(C)o1. The van der Waals surface area contributed by atoms with E-state index in [9.17, 15) is 9.59 Å². The zero-order chi connectivity index (χ0) is 14.7. The topological polar surface area (TPSA) is 87.1 Å². The Balaban J connectivity index is 2.04. The second-order valence-electron chi connectivity index (χ2n) is 4.15. The van der Waals surface area contributed by atoms with Crippen LogP contribution >= 0.6 is 12.2 Å². The lowest BCUT2D eigenvalue weighted by Crippen LogP contribution is -2.41. The van der Waals surface area contributed by atoms with Gasteiger partial charge in [-0.2, -0.15) is 0 Å². The van der Waals surface area contributed by atoms with Crippen LogP contribution in [0.5, 0.6) is 0 Å². The number of carbonyl (C=O) groups excluding carboxylic acids is 2. The molecule has 6 nitrogen and oxygen atoms in total. The molecule has 0 saturated heterocycles. The van der Waals surface area contributed by atoms with E-state index in [4.69, 9.17) is 16.6 Å². The number of carbonyl (C=O) groups is 2. The minimum atomic E-state index is -0.488. The molecule has 2 heterocycles. The molecule has 0 aliphatic heterocycles. The van der Waals surface area contributed by atoms with Crippen LogP contribution in [0.15, 0.2) is 28.8 Å². The van der Waals surface area contributed by atoms with Crippen LogP contribution in [0.25, 0.3) is 0 Å². The van der Waals surface area contributed by atoms with Crippen LogP contribution in [-0.2, 0) is 0 Å². The van der Waals surface area contributed by atoms with Crippen molar-refractivity contribution in [3.63, 3.8) is 0 Å². The minimum absolute atomic E-state index is 0.280. The Bertz CT molecular complexity index is 718. The number of nitrogens with one attached hydrogen (secondary N) is 3. The number of pyridine rings is 1. The predicted octanol–water partition coefficient (Wildman–Crippen LogP) is 2.03. The Morgan fingerprint density at radius 3 is 2.40 bits per heavy atom. The molecule has 2 aromatic heterocycles. The molecule has 0 saturated carbocycles. The van der Waals surface area contributed by atoms with Crippen LogP contribution in [0.2, 0.25) is 0 Å². The molecule has 0 bridgehead atoms. The summed E-state index contributed by atoms with van der Waals surface area (Å²) in [5.74, 6) is 0.187. The molecule has 7 heteroatoms. The lowest BCUT2D eigenvalue weighted by atomic mass is 10.2. The average molecular weight is 291 g/mol. The number of aryl methyl sites for hydroxylation is 2. The number of aromatic nitrogens is 1. The van der Waals surface area contributed by atoms with Crippen molar-refractivity contribution in [2.45, 2.75) is 13.8 Å². The number of aromatic amines is 1. The quantitative estimate of drug-likeness (QED) is 0.583. The highest BCUT2D eigenvalue weighted by Crippen LogP contribution is 2.12. The monoisotopic (exact) mass is 291 g/mol. The van der Waals surface area contributed by atoms with Crippen LogP contribution in [0, 0.1) is 18.5 Å². The van der Waals surface area contributed by atoms with E-state index < -0.39 is 11.8 Å². The fourth-order valence-electron chi connectivity index (χ4n) is 1.70. The number of hydrazine groups is 1. The summed E-state index contributed by atoms with van der Waals surface area (Å²) in [5, 5.41) is 0. The molecule has 2 aromatic rings. The highest BCUT2D eigenvalue weighted by Gasteiger charge is 2.15. The summed E-state index contributed by atoms with van der Waals surface area (Å²) in [4.78, 5) is 26.5. The van der Waals surface area contributed by atoms with Crippen molar-refractivity contribution in [1.29, 1.82) is 0 Å². The highest BCUT2D eigenvalue weighted by molar-refractivity contribution is 7.71. The van der Waals surface area contributed by atoms with Crippen molar-refractivity contribution < 1.29 is 14.0 Å². The molecule has 0 aromatic carbocycles. The van der Waals surface area contributed by atoms with Crippen molar-refractivity contribution in [3.8, 4) is 0 Å². The van der Waals surface area contributed by atoms with Gasteiger partial charge < -0.3 is 9.40 Å². The Kier molecular flexibility index (Phi) is 3.99. The maximum Gasteiger partial charge on any atom is 0.273 e. The van der Waals surface area contributed by atoms with Crippen molar-refractivity contribution in [2.24, 2.45) is 0 Å². The first-order valence-corrected chi connectivity index (χ1v) is 6.25. The van der Waals surface area contributed by atoms with Gasteiger partial charge in [0, 0.05) is 6.20 Å². The second-order valence-corrected chi connectivity index (χ2v) is 4.56. The first-order chi connectivity index (χ1) is 9.49. The summed E-state index contributed by atoms with van der Waals surface area (Å²) < 4.78 is 5.55. The summed E-state index contributed by atoms with van der Waals surface area (Å²) in [6.45, 7) is 3.42. The van der Waals surface area contributed by atoms with Crippen LogP contribution in [-0.4, -0.2) is 16.8 Å². The van der Waals surface area contributed by atoms with Crippen LogP contribution < -0.4 is 10.9 Å². The van der Waals surface area contributed by atoms with Gasteiger partial charge in [-0.25, -0.2) is 0 Å². The van der Waals surface area contributed by atoms with E-state index >= 15 is 0 Å². The highest BCUT2D eigenvalue weighted by atomic mass is 32.1. The largest absolute Gasteiger partial charge is 0.466 e. The van der Waals surface area contributed by atoms with Gasteiger partial charge >= 0.3 is 0 Å².